The summed E-state index contributed by atoms with van der Waals surface area (Å²) in [5.74, 6) is -0.274. The summed E-state index contributed by atoms with van der Waals surface area (Å²) in [6.07, 6.45) is 7.33. The van der Waals surface area contributed by atoms with E-state index in [2.05, 4.69) is 15.9 Å². The second-order valence-corrected chi connectivity index (χ2v) is 5.98. The van der Waals surface area contributed by atoms with Gasteiger partial charge >= 0.3 is 0 Å². The van der Waals surface area contributed by atoms with E-state index in [1.807, 2.05) is 0 Å². The Morgan fingerprint density at radius 2 is 1.88 bits per heavy atom. The summed E-state index contributed by atoms with van der Waals surface area (Å²) < 4.78 is 26.4. The lowest BCUT2D eigenvalue weighted by Gasteiger charge is -2.24. The molecule has 1 aliphatic carbocycles. The molecule has 1 saturated carbocycles. The van der Waals surface area contributed by atoms with E-state index in [9.17, 15) is 8.78 Å². The first-order chi connectivity index (χ1) is 8.16. The fourth-order valence-electron chi connectivity index (χ4n) is 2.60. The van der Waals surface area contributed by atoms with E-state index < -0.39 is 11.6 Å². The van der Waals surface area contributed by atoms with Crippen LogP contribution in [0.5, 0.6) is 0 Å². The molecule has 0 radical (unpaired) electrons. The van der Waals surface area contributed by atoms with Gasteiger partial charge in [-0.25, -0.2) is 8.78 Å². The highest BCUT2D eigenvalue weighted by molar-refractivity contribution is 9.09. The predicted octanol–water partition coefficient (Wildman–Crippen LogP) is 5.37. The molecule has 0 N–H and O–H groups in total. The average Bonchev–Trinajstić information content (AvgIpc) is 2.30. The Kier molecular flexibility index (Phi) is 4.55. The fourth-order valence-corrected chi connectivity index (χ4v) is 3.50. The summed E-state index contributed by atoms with van der Waals surface area (Å²) in [5.41, 5.74) is 0.581. The predicted molar refractivity (Wildman–Crippen MR) is 69.2 cm³/mol. The second kappa shape index (κ2) is 5.94. The monoisotopic (exact) mass is 302 g/mol. The van der Waals surface area contributed by atoms with Gasteiger partial charge in [0.1, 0.15) is 11.6 Å². The van der Waals surface area contributed by atoms with Gasteiger partial charge in [-0.15, -0.1) is 0 Å². The molecule has 1 atom stereocenters. The lowest BCUT2D eigenvalue weighted by Crippen LogP contribution is -2.09. The maximum absolute atomic E-state index is 13.6. The number of hydrogen-bond acceptors (Lipinski definition) is 0. The van der Waals surface area contributed by atoms with Crippen molar-refractivity contribution in [1.82, 2.24) is 0 Å². The molecule has 0 aliphatic heterocycles. The Labute approximate surface area is 110 Å². The van der Waals surface area contributed by atoms with Crippen molar-refractivity contribution < 1.29 is 8.78 Å². The minimum atomic E-state index is -0.511. The van der Waals surface area contributed by atoms with E-state index >= 15 is 0 Å². The molecule has 0 saturated heterocycles. The molecule has 1 aromatic carbocycles. The Hall–Kier alpha value is -0.440. The number of rotatable bonds is 3. The van der Waals surface area contributed by atoms with Crippen LogP contribution in [0.1, 0.15) is 48.9 Å². The van der Waals surface area contributed by atoms with Crippen molar-refractivity contribution >= 4 is 15.9 Å². The highest BCUT2D eigenvalue weighted by Gasteiger charge is 2.20. The Morgan fingerprint density at radius 3 is 2.53 bits per heavy atom. The van der Waals surface area contributed by atoms with Crippen LogP contribution in [0, 0.1) is 17.6 Å². The molecule has 1 aliphatic rings. The molecule has 0 spiro atoms. The third kappa shape index (κ3) is 3.51. The van der Waals surface area contributed by atoms with Crippen LogP contribution in [0.2, 0.25) is 0 Å². The number of hydrogen-bond donors (Lipinski definition) is 0. The van der Waals surface area contributed by atoms with Crippen molar-refractivity contribution in [1.29, 1.82) is 0 Å². The van der Waals surface area contributed by atoms with Crippen molar-refractivity contribution in [2.45, 2.75) is 43.4 Å². The van der Waals surface area contributed by atoms with Gasteiger partial charge in [0, 0.05) is 16.5 Å². The first-order valence-corrected chi connectivity index (χ1v) is 7.17. The van der Waals surface area contributed by atoms with E-state index in [0.717, 1.165) is 12.5 Å². The van der Waals surface area contributed by atoms with Gasteiger partial charge in [0.15, 0.2) is 0 Å². The normalized spacial score (nSPS) is 19.2. The van der Waals surface area contributed by atoms with E-state index in [1.165, 1.54) is 38.2 Å². The highest BCUT2D eigenvalue weighted by atomic mass is 79.9. The van der Waals surface area contributed by atoms with Crippen LogP contribution < -0.4 is 0 Å². The number of alkyl halides is 1. The van der Waals surface area contributed by atoms with Gasteiger partial charge in [-0.3, -0.25) is 0 Å². The van der Waals surface area contributed by atoms with Crippen LogP contribution in [-0.2, 0) is 0 Å². The summed E-state index contributed by atoms with van der Waals surface area (Å²) in [7, 11) is 0. The van der Waals surface area contributed by atoms with Crippen LogP contribution in [-0.4, -0.2) is 0 Å². The largest absolute Gasteiger partial charge is 0.207 e. The molecule has 1 aromatic rings. The molecule has 0 nitrogen and oxygen atoms in total. The lowest BCUT2D eigenvalue weighted by atomic mass is 9.85. The zero-order valence-corrected chi connectivity index (χ0v) is 11.3. The molecule has 3 heteroatoms. The molecule has 2 rings (SSSR count). The van der Waals surface area contributed by atoms with Crippen molar-refractivity contribution in [3.8, 4) is 0 Å². The molecule has 0 bridgehead atoms. The molecule has 1 unspecified atom stereocenters. The Morgan fingerprint density at radius 1 is 1.18 bits per heavy atom. The molecule has 17 heavy (non-hydrogen) atoms. The van der Waals surface area contributed by atoms with E-state index in [-0.39, 0.29) is 4.83 Å². The first-order valence-electron chi connectivity index (χ1n) is 6.26. The van der Waals surface area contributed by atoms with E-state index in [0.29, 0.717) is 11.5 Å². The molecule has 94 valence electrons. The quantitative estimate of drug-likeness (QED) is 0.658. The van der Waals surface area contributed by atoms with Gasteiger partial charge in [0.05, 0.1) is 0 Å². The van der Waals surface area contributed by atoms with Crippen LogP contribution in [0.3, 0.4) is 0 Å². The molecule has 0 aromatic heterocycles. The van der Waals surface area contributed by atoms with Gasteiger partial charge in [0.25, 0.3) is 0 Å². The third-order valence-corrected chi connectivity index (χ3v) is 4.43. The van der Waals surface area contributed by atoms with Crippen LogP contribution in [0.4, 0.5) is 8.78 Å². The average molecular weight is 303 g/mol. The zero-order valence-electron chi connectivity index (χ0n) is 9.76. The van der Waals surface area contributed by atoms with Gasteiger partial charge in [-0.05, 0) is 18.4 Å². The summed E-state index contributed by atoms with van der Waals surface area (Å²) in [6.45, 7) is 0. The van der Waals surface area contributed by atoms with Crippen LogP contribution in [0.15, 0.2) is 18.2 Å². The maximum Gasteiger partial charge on any atom is 0.130 e. The third-order valence-electron chi connectivity index (χ3n) is 3.56. The SMILES string of the molecule is Fc1ccc(C(Br)CC2CCCCC2)c(F)c1. The Bertz CT molecular complexity index is 372. The smallest absolute Gasteiger partial charge is 0.130 e. The van der Waals surface area contributed by atoms with Gasteiger partial charge < -0.3 is 0 Å². The van der Waals surface area contributed by atoms with Crippen molar-refractivity contribution in [3.05, 3.63) is 35.4 Å². The van der Waals surface area contributed by atoms with E-state index in [1.54, 1.807) is 6.07 Å². The zero-order chi connectivity index (χ0) is 12.3. The van der Waals surface area contributed by atoms with Crippen LogP contribution in [0.25, 0.3) is 0 Å². The molecule has 0 heterocycles. The molecule has 0 amide bonds. The van der Waals surface area contributed by atoms with Gasteiger partial charge in [-0.1, -0.05) is 54.1 Å². The molecular formula is C14H17BrF2. The fraction of sp³-hybridized carbons (Fsp3) is 0.571. The number of benzene rings is 1. The first kappa shape index (κ1) is 13.0. The maximum atomic E-state index is 13.6. The van der Waals surface area contributed by atoms with Crippen molar-refractivity contribution in [2.24, 2.45) is 5.92 Å². The standard InChI is InChI=1S/C14H17BrF2/c15-13(8-10-4-2-1-3-5-10)12-7-6-11(16)9-14(12)17/h6-7,9-10,13H,1-5,8H2. The summed E-state index contributed by atoms with van der Waals surface area (Å²) in [6, 6.07) is 3.84. The van der Waals surface area contributed by atoms with E-state index in [4.69, 9.17) is 0 Å². The molecular weight excluding hydrogens is 286 g/mol. The number of halogens is 3. The van der Waals surface area contributed by atoms with Crippen molar-refractivity contribution in [3.63, 3.8) is 0 Å². The summed E-state index contributed by atoms with van der Waals surface area (Å²) in [4.78, 5) is 0.00574. The minimum absolute atomic E-state index is 0.00574. The highest BCUT2D eigenvalue weighted by Crippen LogP contribution is 2.37. The van der Waals surface area contributed by atoms with Gasteiger partial charge in [0.2, 0.25) is 0 Å². The summed E-state index contributed by atoms with van der Waals surface area (Å²) >= 11 is 3.53. The van der Waals surface area contributed by atoms with Crippen molar-refractivity contribution in [2.75, 3.05) is 0 Å². The molecule has 1 fully saturated rings. The minimum Gasteiger partial charge on any atom is -0.207 e. The summed E-state index contributed by atoms with van der Waals surface area (Å²) in [5, 5.41) is 0. The Balaban J connectivity index is 2.00. The lowest BCUT2D eigenvalue weighted by molar-refractivity contribution is 0.337. The van der Waals surface area contributed by atoms with Gasteiger partial charge in [-0.2, -0.15) is 0 Å². The second-order valence-electron chi connectivity index (χ2n) is 4.87. The van der Waals surface area contributed by atoms with Crippen LogP contribution >= 0.6 is 15.9 Å². The topological polar surface area (TPSA) is 0 Å².